The molecular formula is C35H21N3O5S2. The largest absolute Gasteiger partial charge is 0.497 e. The summed E-state index contributed by atoms with van der Waals surface area (Å²) in [7, 11) is 1.63. The third-order valence-corrected chi connectivity index (χ3v) is 9.26. The Bertz CT molecular complexity index is 2360. The highest BCUT2D eigenvalue weighted by molar-refractivity contribution is 7.08. The molecule has 0 saturated carbocycles. The Morgan fingerprint density at radius 3 is 1.58 bits per heavy atom. The zero-order chi connectivity index (χ0) is 31.7. The minimum Gasteiger partial charge on any atom is -0.497 e. The van der Waals surface area contributed by atoms with Gasteiger partial charge in [-0.3, -0.25) is 0 Å². The van der Waals surface area contributed by atoms with Gasteiger partial charge >= 0.3 is 11.9 Å². The van der Waals surface area contributed by atoms with Gasteiger partial charge in [0.05, 0.1) is 27.2 Å². The molecule has 10 heteroatoms. The highest BCUT2D eigenvalue weighted by atomic mass is 32.1. The van der Waals surface area contributed by atoms with Crippen LogP contribution in [0.1, 0.15) is 11.1 Å². The number of carboxylic acid groups (broad SMARTS) is 2. The number of carboxylic acids is 2. The number of hydrogen-bond acceptors (Lipinski definition) is 7. The van der Waals surface area contributed by atoms with Gasteiger partial charge in [-0.2, -0.15) is 10.5 Å². The van der Waals surface area contributed by atoms with Crippen LogP contribution in [0.2, 0.25) is 0 Å². The Morgan fingerprint density at radius 2 is 1.18 bits per heavy atom. The molecule has 6 rings (SSSR count). The fourth-order valence-electron chi connectivity index (χ4n) is 5.12. The predicted molar refractivity (Wildman–Crippen MR) is 175 cm³/mol. The minimum absolute atomic E-state index is 0.288. The first-order chi connectivity index (χ1) is 21.8. The van der Waals surface area contributed by atoms with Crippen LogP contribution in [0.5, 0.6) is 5.75 Å². The van der Waals surface area contributed by atoms with Crippen LogP contribution in [0, 0.1) is 22.7 Å². The lowest BCUT2D eigenvalue weighted by molar-refractivity contribution is -0.131. The number of carbonyl (C=O) groups is 2. The molecule has 0 radical (unpaired) electrons. The van der Waals surface area contributed by atoms with Crippen molar-refractivity contribution in [1.82, 2.24) is 4.57 Å². The lowest BCUT2D eigenvalue weighted by Gasteiger charge is -2.09. The molecule has 0 unspecified atom stereocenters. The van der Waals surface area contributed by atoms with E-state index in [1.54, 1.807) is 43.5 Å². The molecule has 3 aromatic carbocycles. The molecule has 0 bridgehead atoms. The quantitative estimate of drug-likeness (QED) is 0.284. The van der Waals surface area contributed by atoms with Gasteiger partial charge in [0.1, 0.15) is 17.9 Å². The number of thiophene rings is 2. The number of fused-ring (bicyclic) bond motifs is 3. The smallest absolute Gasteiger partial charge is 0.347 e. The summed E-state index contributed by atoms with van der Waals surface area (Å²) in [5, 5.41) is 39.2. The average molecular weight is 628 g/mol. The van der Waals surface area contributed by atoms with E-state index in [0.717, 1.165) is 53.4 Å². The normalized spacial score (nSPS) is 13.4. The Balaban J connectivity index is 1.56. The summed E-state index contributed by atoms with van der Waals surface area (Å²) in [4.78, 5) is 22.9. The second-order valence-corrected chi connectivity index (χ2v) is 12.1. The van der Waals surface area contributed by atoms with E-state index in [1.165, 1.54) is 22.7 Å². The number of benzene rings is 3. The van der Waals surface area contributed by atoms with Crippen LogP contribution in [-0.2, 0) is 9.59 Å². The van der Waals surface area contributed by atoms with Gasteiger partial charge in [0.25, 0.3) is 0 Å². The fourth-order valence-corrected chi connectivity index (χ4v) is 7.03. The molecule has 0 atom stereocenters. The van der Waals surface area contributed by atoms with E-state index in [9.17, 15) is 30.3 Å². The second-order valence-electron chi connectivity index (χ2n) is 9.86. The average Bonchev–Trinajstić information content (AvgIpc) is 3.76. The van der Waals surface area contributed by atoms with Gasteiger partial charge < -0.3 is 19.5 Å². The SMILES string of the molecule is COc1ccc(-n2c3ccc(/C=c4\cc/c(=C(/C#N)C(=O)O)s4)cc3c3cc(/C=c4\cc/c(=C(/C#N)C(=O)O)s4)ccc32)cc1. The molecule has 45 heavy (non-hydrogen) atoms. The molecule has 0 fully saturated rings. The Morgan fingerprint density at radius 1 is 0.711 bits per heavy atom. The molecule has 3 heterocycles. The van der Waals surface area contributed by atoms with Gasteiger partial charge in [-0.1, -0.05) is 12.1 Å². The summed E-state index contributed by atoms with van der Waals surface area (Å²) in [6.45, 7) is 0. The maximum Gasteiger partial charge on any atom is 0.347 e. The van der Waals surface area contributed by atoms with Crippen molar-refractivity contribution in [3.05, 3.63) is 114 Å². The number of nitriles is 2. The summed E-state index contributed by atoms with van der Waals surface area (Å²) in [5.41, 5.74) is 4.16. The van der Waals surface area contributed by atoms with Crippen LogP contribution >= 0.6 is 22.7 Å². The summed E-state index contributed by atoms with van der Waals surface area (Å²) >= 11 is 2.48. The van der Waals surface area contributed by atoms with Gasteiger partial charge in [0.15, 0.2) is 11.1 Å². The van der Waals surface area contributed by atoms with Crippen molar-refractivity contribution in [3.8, 4) is 23.6 Å². The third-order valence-electron chi connectivity index (χ3n) is 7.16. The highest BCUT2D eigenvalue weighted by Crippen LogP contribution is 2.34. The fraction of sp³-hybridized carbons (Fsp3) is 0.0286. The van der Waals surface area contributed by atoms with E-state index in [-0.39, 0.29) is 11.1 Å². The number of ether oxygens (including phenoxy) is 1. The monoisotopic (exact) mass is 627 g/mol. The van der Waals surface area contributed by atoms with Crippen molar-refractivity contribution in [2.75, 3.05) is 7.11 Å². The van der Waals surface area contributed by atoms with E-state index in [1.807, 2.05) is 60.7 Å². The van der Waals surface area contributed by atoms with E-state index < -0.39 is 11.9 Å². The van der Waals surface area contributed by atoms with Gasteiger partial charge in [-0.05, 0) is 96.1 Å². The lowest BCUT2D eigenvalue weighted by atomic mass is 10.1. The number of aromatic nitrogens is 1. The van der Waals surface area contributed by atoms with Crippen molar-refractivity contribution in [1.29, 1.82) is 10.5 Å². The zero-order valence-corrected chi connectivity index (χ0v) is 25.1. The van der Waals surface area contributed by atoms with Gasteiger partial charge in [0, 0.05) is 25.5 Å². The topological polar surface area (TPSA) is 136 Å². The van der Waals surface area contributed by atoms with Crippen LogP contribution in [0.4, 0.5) is 0 Å². The maximum atomic E-state index is 11.4. The number of nitrogens with zero attached hydrogens (tertiary/aromatic N) is 3. The molecule has 0 saturated heterocycles. The van der Waals surface area contributed by atoms with Crippen LogP contribution in [0.3, 0.4) is 0 Å². The molecule has 6 aromatic rings. The van der Waals surface area contributed by atoms with Gasteiger partial charge in [-0.25, -0.2) is 9.59 Å². The molecular weight excluding hydrogens is 607 g/mol. The van der Waals surface area contributed by atoms with Crippen molar-refractivity contribution >= 4 is 79.7 Å². The van der Waals surface area contributed by atoms with E-state index in [2.05, 4.69) is 16.7 Å². The molecule has 0 spiro atoms. The van der Waals surface area contributed by atoms with Gasteiger partial charge in [-0.15, -0.1) is 22.7 Å². The second kappa shape index (κ2) is 12.0. The van der Waals surface area contributed by atoms with Crippen molar-refractivity contribution in [3.63, 3.8) is 0 Å². The Hall–Kier alpha value is -5.94. The highest BCUT2D eigenvalue weighted by Gasteiger charge is 2.14. The number of rotatable bonds is 6. The van der Waals surface area contributed by atoms with E-state index >= 15 is 0 Å². The molecule has 0 aliphatic heterocycles. The molecule has 3 aromatic heterocycles. The minimum atomic E-state index is -1.25. The van der Waals surface area contributed by atoms with Gasteiger partial charge in [0.2, 0.25) is 0 Å². The van der Waals surface area contributed by atoms with Crippen molar-refractivity contribution < 1.29 is 24.5 Å². The molecule has 8 nitrogen and oxygen atoms in total. The number of aliphatic carboxylic acids is 2. The van der Waals surface area contributed by atoms with Crippen LogP contribution in [0.15, 0.2) is 84.9 Å². The molecule has 2 N–H and O–H groups in total. The van der Waals surface area contributed by atoms with Crippen LogP contribution in [-0.4, -0.2) is 33.8 Å². The number of hydrogen-bond donors (Lipinski definition) is 2. The van der Waals surface area contributed by atoms with Crippen molar-refractivity contribution in [2.24, 2.45) is 0 Å². The molecule has 0 aliphatic carbocycles. The first-order valence-electron chi connectivity index (χ1n) is 13.4. The summed E-state index contributed by atoms with van der Waals surface area (Å²) in [6.07, 6.45) is 3.91. The first-order valence-corrected chi connectivity index (χ1v) is 15.1. The van der Waals surface area contributed by atoms with Crippen molar-refractivity contribution in [2.45, 2.75) is 0 Å². The molecule has 0 aliphatic rings. The maximum absolute atomic E-state index is 11.4. The Kier molecular flexibility index (Phi) is 7.76. The van der Waals surface area contributed by atoms with E-state index in [4.69, 9.17) is 4.74 Å². The lowest BCUT2D eigenvalue weighted by Crippen LogP contribution is -2.08. The Labute approximate surface area is 263 Å². The standard InChI is InChI=1S/C35H21N3O5S2/c1-43-23-6-4-22(5-7-23)38-30-10-2-20(14-24-8-12-32(44-24)28(18-36)34(39)40)16-26(30)27-17-21(3-11-31(27)38)15-25-9-13-33(45-25)29(19-37)35(41)42/h2-17H,1H3,(H,39,40)(H,41,42)/b24-14+,25-15+,32-28+,33-29+. The van der Waals surface area contributed by atoms with E-state index in [0.29, 0.717) is 9.06 Å². The zero-order valence-electron chi connectivity index (χ0n) is 23.5. The third kappa shape index (κ3) is 5.59. The predicted octanol–water partition coefficient (Wildman–Crippen LogP) is 4.09. The van der Waals surface area contributed by atoms with Crippen LogP contribution in [0.25, 0.3) is 50.8 Å². The van der Waals surface area contributed by atoms with Crippen LogP contribution < -0.4 is 22.9 Å². The molecule has 0 amide bonds. The first kappa shape index (κ1) is 29.1. The molecule has 218 valence electrons. The summed E-state index contributed by atoms with van der Waals surface area (Å²) in [5.74, 6) is -1.76. The summed E-state index contributed by atoms with van der Waals surface area (Å²) in [6, 6.07) is 30.5. The number of methoxy groups -OCH3 is 1. The summed E-state index contributed by atoms with van der Waals surface area (Å²) < 4.78 is 9.96.